The number of nitrogens with zero attached hydrogens (tertiary/aromatic N) is 1. The van der Waals surface area contributed by atoms with Gasteiger partial charge in [0.05, 0.1) is 7.11 Å². The number of hydrogen-bond donors (Lipinski definition) is 1. The molecule has 1 N–H and O–H groups in total. The summed E-state index contributed by atoms with van der Waals surface area (Å²) in [5.74, 6) is 6.61. The molecule has 0 amide bonds. The molecule has 1 saturated heterocycles. The van der Waals surface area contributed by atoms with Crippen LogP contribution in [-0.4, -0.2) is 36.8 Å². The van der Waals surface area contributed by atoms with Gasteiger partial charge in [-0.2, -0.15) is 0 Å². The minimum atomic E-state index is -0.109. The molecule has 3 nitrogen and oxygen atoms in total. The van der Waals surface area contributed by atoms with Crippen molar-refractivity contribution in [1.29, 1.82) is 0 Å². The van der Waals surface area contributed by atoms with E-state index in [0.29, 0.717) is 5.41 Å². The minimum Gasteiger partial charge on any atom is -0.497 e. The molecule has 1 heterocycles. The van der Waals surface area contributed by atoms with Crippen LogP contribution in [0.15, 0.2) is 18.2 Å². The Morgan fingerprint density at radius 2 is 2.20 bits per heavy atom. The van der Waals surface area contributed by atoms with Crippen LogP contribution >= 0.6 is 0 Å². The van der Waals surface area contributed by atoms with Gasteiger partial charge in [0.1, 0.15) is 12.4 Å². The third kappa shape index (κ3) is 3.75. The number of rotatable bonds is 3. The fourth-order valence-corrected chi connectivity index (χ4v) is 2.68. The Kier molecular flexibility index (Phi) is 4.69. The van der Waals surface area contributed by atoms with Crippen LogP contribution in [0.25, 0.3) is 0 Å². The van der Waals surface area contributed by atoms with Crippen LogP contribution in [0.4, 0.5) is 0 Å². The lowest BCUT2D eigenvalue weighted by Gasteiger charge is -2.20. The average Bonchev–Trinajstić information content (AvgIpc) is 2.76. The van der Waals surface area contributed by atoms with Crippen molar-refractivity contribution in [3.8, 4) is 17.6 Å². The molecule has 0 unspecified atom stereocenters. The Hall–Kier alpha value is -1.50. The molecule has 1 fully saturated rings. The zero-order valence-electron chi connectivity index (χ0n) is 12.6. The van der Waals surface area contributed by atoms with Crippen LogP contribution in [0.5, 0.6) is 5.75 Å². The summed E-state index contributed by atoms with van der Waals surface area (Å²) >= 11 is 0. The van der Waals surface area contributed by atoms with Crippen molar-refractivity contribution >= 4 is 0 Å². The van der Waals surface area contributed by atoms with Crippen LogP contribution in [0.3, 0.4) is 0 Å². The van der Waals surface area contributed by atoms with Gasteiger partial charge in [-0.25, -0.2) is 0 Å². The largest absolute Gasteiger partial charge is 0.497 e. The van der Waals surface area contributed by atoms with Crippen molar-refractivity contribution < 1.29 is 9.84 Å². The molecule has 108 valence electrons. The van der Waals surface area contributed by atoms with Crippen LogP contribution < -0.4 is 4.74 Å². The smallest absolute Gasteiger partial charge is 0.119 e. The van der Waals surface area contributed by atoms with Gasteiger partial charge in [-0.15, -0.1) is 0 Å². The third-order valence-corrected chi connectivity index (χ3v) is 3.76. The quantitative estimate of drug-likeness (QED) is 0.858. The highest BCUT2D eigenvalue weighted by Gasteiger charge is 2.29. The molecule has 0 aliphatic carbocycles. The summed E-state index contributed by atoms with van der Waals surface area (Å²) in [6.45, 7) is 7.63. The molecule has 0 saturated carbocycles. The predicted octanol–water partition coefficient (Wildman–Crippen LogP) is 2.27. The van der Waals surface area contributed by atoms with Gasteiger partial charge in [-0.05, 0) is 42.1 Å². The Morgan fingerprint density at radius 3 is 2.80 bits per heavy atom. The van der Waals surface area contributed by atoms with Gasteiger partial charge in [-0.1, -0.05) is 25.7 Å². The Morgan fingerprint density at radius 1 is 1.40 bits per heavy atom. The molecule has 2 rings (SSSR count). The fraction of sp³-hybridized carbons (Fsp3) is 0.529. The topological polar surface area (TPSA) is 32.7 Å². The van der Waals surface area contributed by atoms with Gasteiger partial charge in [0, 0.05) is 18.7 Å². The van der Waals surface area contributed by atoms with Crippen LogP contribution in [0.1, 0.15) is 31.4 Å². The maximum absolute atomic E-state index is 8.86. The first kappa shape index (κ1) is 14.9. The zero-order chi connectivity index (χ0) is 14.6. The molecule has 20 heavy (non-hydrogen) atoms. The first-order chi connectivity index (χ1) is 9.54. The van der Waals surface area contributed by atoms with Gasteiger partial charge < -0.3 is 9.84 Å². The van der Waals surface area contributed by atoms with Gasteiger partial charge in [-0.3, -0.25) is 4.90 Å². The molecular weight excluding hydrogens is 250 g/mol. The van der Waals surface area contributed by atoms with Crippen LogP contribution in [0.2, 0.25) is 0 Å². The Labute approximate surface area is 121 Å². The van der Waals surface area contributed by atoms with Gasteiger partial charge in [0.2, 0.25) is 0 Å². The third-order valence-electron chi connectivity index (χ3n) is 3.76. The molecule has 1 aromatic carbocycles. The molecular formula is C17H23NO2. The second kappa shape index (κ2) is 6.30. The van der Waals surface area contributed by atoms with Crippen LogP contribution in [0, 0.1) is 17.3 Å². The molecule has 0 atom stereocenters. The number of aliphatic hydroxyl groups is 1. The first-order valence-corrected chi connectivity index (χ1v) is 7.03. The summed E-state index contributed by atoms with van der Waals surface area (Å²) in [4.78, 5) is 2.46. The van der Waals surface area contributed by atoms with Gasteiger partial charge >= 0.3 is 0 Å². The zero-order valence-corrected chi connectivity index (χ0v) is 12.6. The standard InChI is InChI=1S/C17H23NO2/c1-17(2)8-9-18(13-17)12-15-11-16(20-3)7-6-14(15)5-4-10-19/h6-7,11,19H,8-10,12-13H2,1-3H3. The highest BCUT2D eigenvalue weighted by atomic mass is 16.5. The fourth-order valence-electron chi connectivity index (χ4n) is 2.68. The highest BCUT2D eigenvalue weighted by molar-refractivity contribution is 5.45. The van der Waals surface area contributed by atoms with E-state index in [9.17, 15) is 0 Å². The van der Waals surface area contributed by atoms with E-state index in [4.69, 9.17) is 9.84 Å². The van der Waals surface area contributed by atoms with E-state index in [0.717, 1.165) is 30.9 Å². The number of ether oxygens (including phenoxy) is 1. The highest BCUT2D eigenvalue weighted by Crippen LogP contribution is 2.30. The predicted molar refractivity (Wildman–Crippen MR) is 80.6 cm³/mol. The molecule has 1 aliphatic rings. The second-order valence-corrected chi connectivity index (χ2v) is 6.11. The SMILES string of the molecule is COc1ccc(C#CCO)c(CN2CCC(C)(C)C2)c1. The number of benzene rings is 1. The van der Waals surface area contributed by atoms with E-state index in [1.807, 2.05) is 18.2 Å². The molecule has 0 bridgehead atoms. The number of methoxy groups -OCH3 is 1. The summed E-state index contributed by atoms with van der Waals surface area (Å²) in [6.07, 6.45) is 1.23. The van der Waals surface area contributed by atoms with Crippen LogP contribution in [-0.2, 0) is 6.54 Å². The maximum atomic E-state index is 8.86. The molecule has 3 heteroatoms. The van der Waals surface area contributed by atoms with E-state index >= 15 is 0 Å². The average molecular weight is 273 g/mol. The maximum Gasteiger partial charge on any atom is 0.119 e. The van der Waals surface area contributed by atoms with E-state index in [1.54, 1.807) is 7.11 Å². The lowest BCUT2D eigenvalue weighted by atomic mass is 9.93. The molecule has 0 aromatic heterocycles. The second-order valence-electron chi connectivity index (χ2n) is 6.11. The summed E-state index contributed by atoms with van der Waals surface area (Å²) < 4.78 is 5.30. The van der Waals surface area contributed by atoms with E-state index < -0.39 is 0 Å². The van der Waals surface area contributed by atoms with E-state index in [2.05, 4.69) is 30.6 Å². The monoisotopic (exact) mass is 273 g/mol. The van der Waals surface area contributed by atoms with Crippen molar-refractivity contribution in [2.75, 3.05) is 26.8 Å². The van der Waals surface area contributed by atoms with Crippen molar-refractivity contribution in [2.24, 2.45) is 5.41 Å². The Balaban J connectivity index is 2.20. The minimum absolute atomic E-state index is 0.109. The van der Waals surface area contributed by atoms with Crippen molar-refractivity contribution in [3.63, 3.8) is 0 Å². The number of hydrogen-bond acceptors (Lipinski definition) is 3. The van der Waals surface area contributed by atoms with Crippen molar-refractivity contribution in [3.05, 3.63) is 29.3 Å². The van der Waals surface area contributed by atoms with E-state index in [1.165, 1.54) is 12.0 Å². The van der Waals surface area contributed by atoms with Gasteiger partial charge in [0.25, 0.3) is 0 Å². The summed E-state index contributed by atoms with van der Waals surface area (Å²) in [7, 11) is 1.68. The van der Waals surface area contributed by atoms with E-state index in [-0.39, 0.29) is 6.61 Å². The molecule has 1 aromatic rings. The van der Waals surface area contributed by atoms with Crippen molar-refractivity contribution in [2.45, 2.75) is 26.8 Å². The first-order valence-electron chi connectivity index (χ1n) is 7.03. The number of aliphatic hydroxyl groups excluding tert-OH is 1. The molecule has 0 spiro atoms. The summed E-state index contributed by atoms with van der Waals surface area (Å²) in [6, 6.07) is 5.93. The normalized spacial score (nSPS) is 17.6. The molecule has 0 radical (unpaired) electrons. The molecule has 1 aliphatic heterocycles. The van der Waals surface area contributed by atoms with Crippen molar-refractivity contribution in [1.82, 2.24) is 4.90 Å². The number of likely N-dealkylation sites (tertiary alicyclic amines) is 1. The Bertz CT molecular complexity index is 526. The van der Waals surface area contributed by atoms with Gasteiger partial charge in [0.15, 0.2) is 0 Å². The lowest BCUT2D eigenvalue weighted by molar-refractivity contribution is 0.284. The summed E-state index contributed by atoms with van der Waals surface area (Å²) in [5, 5.41) is 8.86. The lowest BCUT2D eigenvalue weighted by Crippen LogP contribution is -2.23. The summed E-state index contributed by atoms with van der Waals surface area (Å²) in [5.41, 5.74) is 2.54.